The van der Waals surface area contributed by atoms with Crippen LogP contribution in [0.4, 0.5) is 5.82 Å². The zero-order valence-electron chi connectivity index (χ0n) is 15.5. The number of aryl methyl sites for hydroxylation is 2. The second-order valence-electron chi connectivity index (χ2n) is 7.46. The number of benzene rings is 1. The Kier molecular flexibility index (Phi) is 4.62. The lowest BCUT2D eigenvalue weighted by atomic mass is 10.1. The molecule has 0 unspecified atom stereocenters. The summed E-state index contributed by atoms with van der Waals surface area (Å²) in [5.74, 6) is 1.91. The lowest BCUT2D eigenvalue weighted by Gasteiger charge is -2.24. The first-order chi connectivity index (χ1) is 12.6. The molecule has 2 aliphatic rings. The van der Waals surface area contributed by atoms with Gasteiger partial charge in [-0.2, -0.15) is 0 Å². The maximum absolute atomic E-state index is 12.6. The summed E-state index contributed by atoms with van der Waals surface area (Å²) in [6.07, 6.45) is 6.41. The van der Waals surface area contributed by atoms with Crippen molar-refractivity contribution in [3.05, 3.63) is 53.0 Å². The Labute approximate surface area is 154 Å². The predicted octanol–water partition coefficient (Wildman–Crippen LogP) is 2.92. The van der Waals surface area contributed by atoms with Gasteiger partial charge < -0.3 is 10.2 Å². The molecule has 1 atom stereocenters. The van der Waals surface area contributed by atoms with Crippen molar-refractivity contribution in [2.24, 2.45) is 0 Å². The van der Waals surface area contributed by atoms with Gasteiger partial charge in [0.2, 0.25) is 5.91 Å². The summed E-state index contributed by atoms with van der Waals surface area (Å²) in [5.41, 5.74) is 3.91. The van der Waals surface area contributed by atoms with E-state index < -0.39 is 0 Å². The van der Waals surface area contributed by atoms with E-state index in [1.54, 1.807) is 0 Å². The average Bonchev–Trinajstić information content (AvgIpc) is 3.20. The maximum Gasteiger partial charge on any atom is 0.225 e. The van der Waals surface area contributed by atoms with Gasteiger partial charge in [-0.05, 0) is 37.3 Å². The summed E-state index contributed by atoms with van der Waals surface area (Å²) in [6.45, 7) is 4.82. The first-order valence-electron chi connectivity index (χ1n) is 9.59. The Morgan fingerprint density at radius 1 is 1.19 bits per heavy atom. The van der Waals surface area contributed by atoms with E-state index in [9.17, 15) is 4.79 Å². The molecule has 0 radical (unpaired) electrons. The van der Waals surface area contributed by atoms with Crippen LogP contribution in [0.3, 0.4) is 0 Å². The number of fused-ring (bicyclic) bond motifs is 1. The molecule has 136 valence electrons. The molecule has 1 aliphatic heterocycles. The highest BCUT2D eigenvalue weighted by Crippen LogP contribution is 2.29. The van der Waals surface area contributed by atoms with Crippen LogP contribution >= 0.6 is 0 Å². The number of nitrogens with zero attached hydrogens (tertiary/aromatic N) is 3. The number of anilines is 1. The molecule has 1 N–H and O–H groups in total. The van der Waals surface area contributed by atoms with Crippen LogP contribution in [0.2, 0.25) is 0 Å². The van der Waals surface area contributed by atoms with Crippen LogP contribution in [0.1, 0.15) is 42.3 Å². The van der Waals surface area contributed by atoms with Crippen LogP contribution in [0.5, 0.6) is 0 Å². The Hall–Kier alpha value is -2.43. The van der Waals surface area contributed by atoms with Crippen molar-refractivity contribution in [3.8, 4) is 0 Å². The molecule has 0 saturated carbocycles. The summed E-state index contributed by atoms with van der Waals surface area (Å²) in [5, 5.41) is 3.53. The van der Waals surface area contributed by atoms with Gasteiger partial charge in [-0.25, -0.2) is 9.97 Å². The van der Waals surface area contributed by atoms with E-state index in [-0.39, 0.29) is 11.9 Å². The quantitative estimate of drug-likeness (QED) is 0.901. The predicted molar refractivity (Wildman–Crippen MR) is 102 cm³/mol. The summed E-state index contributed by atoms with van der Waals surface area (Å²) in [4.78, 5) is 23.6. The zero-order valence-corrected chi connectivity index (χ0v) is 15.5. The van der Waals surface area contributed by atoms with Crippen molar-refractivity contribution in [1.29, 1.82) is 0 Å². The van der Waals surface area contributed by atoms with Gasteiger partial charge >= 0.3 is 0 Å². The minimum atomic E-state index is 0.121. The molecule has 1 fully saturated rings. The van der Waals surface area contributed by atoms with Crippen molar-refractivity contribution < 1.29 is 4.79 Å². The third-order valence-electron chi connectivity index (χ3n) is 5.47. The standard InChI is InChI=1S/C21H26N4O/c1-3-6-17-12-22-14(2)23-21(17)24-18-11-20(26)25(13-18)19-9-15-7-4-5-8-16(15)10-19/h4-5,7-8,12,18-19H,3,6,9-11,13H2,1-2H3,(H,22,23,24)/t18-/m1/s1. The highest BCUT2D eigenvalue weighted by atomic mass is 16.2. The number of aromatic nitrogens is 2. The number of hydrogen-bond acceptors (Lipinski definition) is 4. The van der Waals surface area contributed by atoms with Crippen LogP contribution in [0.25, 0.3) is 0 Å². The summed E-state index contributed by atoms with van der Waals surface area (Å²) in [6, 6.07) is 8.97. The molecule has 2 heterocycles. The van der Waals surface area contributed by atoms with Crippen molar-refractivity contribution in [2.75, 3.05) is 11.9 Å². The molecule has 1 aromatic heterocycles. The molecule has 5 heteroatoms. The summed E-state index contributed by atoms with van der Waals surface area (Å²) >= 11 is 0. The molecule has 5 nitrogen and oxygen atoms in total. The number of hydrogen-bond donors (Lipinski definition) is 1. The monoisotopic (exact) mass is 350 g/mol. The number of amides is 1. The van der Waals surface area contributed by atoms with Crippen LogP contribution in [0.15, 0.2) is 30.5 Å². The lowest BCUT2D eigenvalue weighted by Crippen LogP contribution is -2.38. The third kappa shape index (κ3) is 3.30. The minimum absolute atomic E-state index is 0.121. The van der Waals surface area contributed by atoms with E-state index in [4.69, 9.17) is 0 Å². The average molecular weight is 350 g/mol. The molecule has 0 spiro atoms. The largest absolute Gasteiger partial charge is 0.365 e. The highest BCUT2D eigenvalue weighted by Gasteiger charge is 2.37. The van der Waals surface area contributed by atoms with Gasteiger partial charge in [0, 0.05) is 30.8 Å². The van der Waals surface area contributed by atoms with Gasteiger partial charge in [-0.15, -0.1) is 0 Å². The molecule has 1 aromatic carbocycles. The Balaban J connectivity index is 1.45. The van der Waals surface area contributed by atoms with Crippen molar-refractivity contribution >= 4 is 11.7 Å². The molecular formula is C21H26N4O. The van der Waals surface area contributed by atoms with E-state index >= 15 is 0 Å². The molecule has 1 saturated heterocycles. The Bertz CT molecular complexity index is 794. The second-order valence-corrected chi connectivity index (χ2v) is 7.46. The molecule has 4 rings (SSSR count). The van der Waals surface area contributed by atoms with Crippen molar-refractivity contribution in [2.45, 2.75) is 58.0 Å². The second kappa shape index (κ2) is 7.06. The highest BCUT2D eigenvalue weighted by molar-refractivity contribution is 5.80. The number of rotatable bonds is 5. The van der Waals surface area contributed by atoms with Crippen LogP contribution < -0.4 is 5.32 Å². The smallest absolute Gasteiger partial charge is 0.225 e. The first kappa shape index (κ1) is 17.0. The van der Waals surface area contributed by atoms with Gasteiger partial charge in [0.1, 0.15) is 11.6 Å². The SMILES string of the molecule is CCCc1cnc(C)nc1N[C@@H]1CC(=O)N(C2Cc3ccccc3C2)C1. The molecule has 2 aromatic rings. The fourth-order valence-corrected chi connectivity index (χ4v) is 4.20. The fourth-order valence-electron chi connectivity index (χ4n) is 4.20. The number of carbonyl (C=O) groups excluding carboxylic acids is 1. The van der Waals surface area contributed by atoms with E-state index in [0.717, 1.165) is 49.4 Å². The molecule has 1 aliphatic carbocycles. The number of carbonyl (C=O) groups is 1. The summed E-state index contributed by atoms with van der Waals surface area (Å²) < 4.78 is 0. The van der Waals surface area contributed by atoms with E-state index in [1.165, 1.54) is 11.1 Å². The van der Waals surface area contributed by atoms with Crippen LogP contribution in [0, 0.1) is 6.92 Å². The van der Waals surface area contributed by atoms with Gasteiger partial charge in [0.05, 0.1) is 6.04 Å². The zero-order chi connectivity index (χ0) is 18.1. The van der Waals surface area contributed by atoms with Gasteiger partial charge in [0.25, 0.3) is 0 Å². The maximum atomic E-state index is 12.6. The summed E-state index contributed by atoms with van der Waals surface area (Å²) in [7, 11) is 0. The number of likely N-dealkylation sites (tertiary alicyclic amines) is 1. The fraction of sp³-hybridized carbons (Fsp3) is 0.476. The minimum Gasteiger partial charge on any atom is -0.365 e. The molecule has 1 amide bonds. The van der Waals surface area contributed by atoms with Gasteiger partial charge in [-0.1, -0.05) is 37.6 Å². The third-order valence-corrected chi connectivity index (χ3v) is 5.47. The number of nitrogens with one attached hydrogen (secondary N) is 1. The first-order valence-corrected chi connectivity index (χ1v) is 9.59. The van der Waals surface area contributed by atoms with Gasteiger partial charge in [-0.3, -0.25) is 4.79 Å². The Morgan fingerprint density at radius 3 is 2.62 bits per heavy atom. The molecule has 26 heavy (non-hydrogen) atoms. The molecular weight excluding hydrogens is 324 g/mol. The van der Waals surface area contributed by atoms with Crippen molar-refractivity contribution in [3.63, 3.8) is 0 Å². The Morgan fingerprint density at radius 2 is 1.92 bits per heavy atom. The normalized spacial score (nSPS) is 19.8. The topological polar surface area (TPSA) is 58.1 Å². The van der Waals surface area contributed by atoms with Crippen LogP contribution in [-0.4, -0.2) is 39.4 Å². The van der Waals surface area contributed by atoms with E-state index in [2.05, 4.69) is 51.4 Å². The van der Waals surface area contributed by atoms with Crippen LogP contribution in [-0.2, 0) is 24.1 Å². The van der Waals surface area contributed by atoms with E-state index in [0.29, 0.717) is 12.5 Å². The van der Waals surface area contributed by atoms with Gasteiger partial charge in [0.15, 0.2) is 0 Å². The molecule has 0 bridgehead atoms. The lowest BCUT2D eigenvalue weighted by molar-refractivity contribution is -0.129. The van der Waals surface area contributed by atoms with E-state index in [1.807, 2.05) is 13.1 Å². The van der Waals surface area contributed by atoms with Crippen molar-refractivity contribution in [1.82, 2.24) is 14.9 Å².